The maximum Gasteiger partial charge on any atom is 0.220 e. The summed E-state index contributed by atoms with van der Waals surface area (Å²) in [5.41, 5.74) is 1.66. The number of methoxy groups -OCH3 is 2. The van der Waals surface area contributed by atoms with Gasteiger partial charge < -0.3 is 19.7 Å². The molecule has 4 rings (SSSR count). The van der Waals surface area contributed by atoms with Crippen molar-refractivity contribution in [1.82, 2.24) is 10.2 Å². The number of ether oxygens (including phenoxy) is 2. The molecule has 3 unspecified atom stereocenters. The summed E-state index contributed by atoms with van der Waals surface area (Å²) in [4.78, 5) is 14.3. The first kappa shape index (κ1) is 16.7. The number of hydrogen-bond donors (Lipinski definition) is 1. The number of nitrogens with one attached hydrogen (secondary N) is 1. The van der Waals surface area contributed by atoms with Gasteiger partial charge in [-0.1, -0.05) is 6.07 Å². The molecule has 3 aliphatic rings. The second kappa shape index (κ2) is 5.90. The quantitative estimate of drug-likeness (QED) is 0.914. The van der Waals surface area contributed by atoms with Crippen molar-refractivity contribution < 1.29 is 14.3 Å². The van der Waals surface area contributed by atoms with E-state index in [4.69, 9.17) is 9.47 Å². The highest BCUT2D eigenvalue weighted by Gasteiger charge is 2.56. The molecule has 25 heavy (non-hydrogen) atoms. The van der Waals surface area contributed by atoms with Crippen LogP contribution >= 0.6 is 0 Å². The first-order chi connectivity index (χ1) is 12.0. The Hall–Kier alpha value is -1.75. The molecule has 1 aromatic carbocycles. The molecule has 2 heterocycles. The lowest BCUT2D eigenvalue weighted by Gasteiger charge is -2.48. The van der Waals surface area contributed by atoms with Gasteiger partial charge in [0.05, 0.1) is 14.2 Å². The summed E-state index contributed by atoms with van der Waals surface area (Å²) < 4.78 is 11.0. The molecule has 1 saturated carbocycles. The van der Waals surface area contributed by atoms with Gasteiger partial charge in [0.1, 0.15) is 0 Å². The topological polar surface area (TPSA) is 50.8 Å². The SMILES string of the molecule is COc1ccc(C23CCN(C)C2CC2(CC3)CNC(=O)C2)cc1OC. The molecule has 5 nitrogen and oxygen atoms in total. The monoisotopic (exact) mass is 344 g/mol. The molecule has 0 bridgehead atoms. The highest BCUT2D eigenvalue weighted by Crippen LogP contribution is 2.56. The van der Waals surface area contributed by atoms with Gasteiger partial charge in [0.2, 0.25) is 5.91 Å². The molecular formula is C20H28N2O3. The predicted molar refractivity (Wildman–Crippen MR) is 96.2 cm³/mol. The van der Waals surface area contributed by atoms with Crippen molar-refractivity contribution in [3.63, 3.8) is 0 Å². The molecule has 0 aromatic heterocycles. The third-order valence-corrected chi connectivity index (χ3v) is 6.96. The lowest BCUT2D eigenvalue weighted by molar-refractivity contribution is -0.120. The maximum absolute atomic E-state index is 11.8. The van der Waals surface area contributed by atoms with Crippen molar-refractivity contribution in [2.24, 2.45) is 5.41 Å². The third-order valence-electron chi connectivity index (χ3n) is 6.96. The Labute approximate surface area is 149 Å². The van der Waals surface area contributed by atoms with E-state index >= 15 is 0 Å². The number of likely N-dealkylation sites (tertiary alicyclic amines) is 1. The lowest BCUT2D eigenvalue weighted by Crippen LogP contribution is -2.50. The number of fused-ring (bicyclic) bond motifs is 1. The fraction of sp³-hybridized carbons (Fsp3) is 0.650. The van der Waals surface area contributed by atoms with Crippen LogP contribution < -0.4 is 14.8 Å². The van der Waals surface area contributed by atoms with Crippen LogP contribution in [0.25, 0.3) is 0 Å². The van der Waals surface area contributed by atoms with E-state index in [2.05, 4.69) is 29.4 Å². The molecule has 1 spiro atoms. The van der Waals surface area contributed by atoms with Gasteiger partial charge in [-0.3, -0.25) is 4.79 Å². The van der Waals surface area contributed by atoms with Gasteiger partial charge in [0.25, 0.3) is 0 Å². The summed E-state index contributed by atoms with van der Waals surface area (Å²) in [6.07, 6.45) is 5.20. The minimum Gasteiger partial charge on any atom is -0.493 e. The molecule has 2 saturated heterocycles. The van der Waals surface area contributed by atoms with Crippen LogP contribution in [-0.4, -0.2) is 51.2 Å². The molecule has 1 aromatic rings. The Morgan fingerprint density at radius 1 is 1.16 bits per heavy atom. The van der Waals surface area contributed by atoms with Crippen LogP contribution in [-0.2, 0) is 10.2 Å². The smallest absolute Gasteiger partial charge is 0.220 e. The van der Waals surface area contributed by atoms with Crippen LogP contribution in [0.15, 0.2) is 18.2 Å². The standard InChI is InChI=1S/C20H28N2O3/c1-22-9-8-20(14-4-5-15(24-2)16(10-14)25-3)7-6-19(11-17(20)22)12-18(23)21-13-19/h4-5,10,17H,6-9,11-13H2,1-3H3,(H,21,23). The van der Waals surface area contributed by atoms with Gasteiger partial charge >= 0.3 is 0 Å². The number of carbonyl (C=O) groups is 1. The Bertz CT molecular complexity index is 692. The van der Waals surface area contributed by atoms with Crippen LogP contribution in [0.1, 0.15) is 37.7 Å². The minimum absolute atomic E-state index is 0.153. The first-order valence-electron chi connectivity index (χ1n) is 9.21. The van der Waals surface area contributed by atoms with E-state index in [-0.39, 0.29) is 16.7 Å². The molecule has 3 fully saturated rings. The zero-order valence-corrected chi connectivity index (χ0v) is 15.4. The van der Waals surface area contributed by atoms with Crippen molar-refractivity contribution in [3.05, 3.63) is 23.8 Å². The van der Waals surface area contributed by atoms with Crippen LogP contribution in [0, 0.1) is 5.41 Å². The van der Waals surface area contributed by atoms with Crippen LogP contribution in [0.5, 0.6) is 11.5 Å². The van der Waals surface area contributed by atoms with E-state index in [9.17, 15) is 4.79 Å². The number of amides is 1. The summed E-state index contributed by atoms with van der Waals surface area (Å²) in [7, 11) is 5.61. The normalized spacial score (nSPS) is 34.8. The Balaban J connectivity index is 1.70. The molecule has 1 aliphatic carbocycles. The Kier molecular flexibility index (Phi) is 3.95. The van der Waals surface area contributed by atoms with Crippen molar-refractivity contribution >= 4 is 5.91 Å². The highest BCUT2D eigenvalue weighted by atomic mass is 16.5. The third kappa shape index (κ3) is 2.51. The molecular weight excluding hydrogens is 316 g/mol. The molecule has 136 valence electrons. The van der Waals surface area contributed by atoms with Gasteiger partial charge in [-0.25, -0.2) is 0 Å². The molecule has 0 radical (unpaired) electrons. The van der Waals surface area contributed by atoms with Gasteiger partial charge in [-0.15, -0.1) is 0 Å². The summed E-state index contributed by atoms with van der Waals surface area (Å²) >= 11 is 0. The Morgan fingerprint density at radius 3 is 2.64 bits per heavy atom. The van der Waals surface area contributed by atoms with Crippen molar-refractivity contribution in [1.29, 1.82) is 0 Å². The van der Waals surface area contributed by atoms with Gasteiger partial charge in [0, 0.05) is 24.4 Å². The number of benzene rings is 1. The van der Waals surface area contributed by atoms with E-state index < -0.39 is 0 Å². The number of nitrogens with zero attached hydrogens (tertiary/aromatic N) is 1. The average molecular weight is 344 g/mol. The van der Waals surface area contributed by atoms with Gasteiger partial charge in [-0.2, -0.15) is 0 Å². The second-order valence-electron chi connectivity index (χ2n) is 8.13. The average Bonchev–Trinajstić information content (AvgIpc) is 3.16. The zero-order chi connectivity index (χ0) is 17.7. The molecule has 3 atom stereocenters. The molecule has 1 amide bonds. The number of rotatable bonds is 3. The largest absolute Gasteiger partial charge is 0.493 e. The fourth-order valence-corrected chi connectivity index (χ4v) is 5.46. The zero-order valence-electron chi connectivity index (χ0n) is 15.4. The van der Waals surface area contributed by atoms with E-state index in [0.29, 0.717) is 12.5 Å². The van der Waals surface area contributed by atoms with Gasteiger partial charge in [0.15, 0.2) is 11.5 Å². The van der Waals surface area contributed by atoms with E-state index in [1.807, 2.05) is 6.07 Å². The second-order valence-corrected chi connectivity index (χ2v) is 8.13. The highest BCUT2D eigenvalue weighted by molar-refractivity contribution is 5.79. The number of hydrogen-bond acceptors (Lipinski definition) is 4. The van der Waals surface area contributed by atoms with Crippen LogP contribution in [0.3, 0.4) is 0 Å². The molecule has 2 aliphatic heterocycles. The molecule has 5 heteroatoms. The summed E-state index contributed by atoms with van der Waals surface area (Å²) in [6, 6.07) is 6.89. The Morgan fingerprint density at radius 2 is 1.96 bits per heavy atom. The number of likely N-dealkylation sites (N-methyl/N-ethyl adjacent to an activating group) is 1. The van der Waals surface area contributed by atoms with Crippen molar-refractivity contribution in [3.8, 4) is 11.5 Å². The van der Waals surface area contributed by atoms with E-state index in [0.717, 1.165) is 43.9 Å². The maximum atomic E-state index is 11.8. The summed E-state index contributed by atoms with van der Waals surface area (Å²) in [6.45, 7) is 1.95. The molecule has 1 N–H and O–H groups in total. The fourth-order valence-electron chi connectivity index (χ4n) is 5.46. The summed E-state index contributed by atoms with van der Waals surface area (Å²) in [5.74, 6) is 1.81. The minimum atomic E-state index is 0.153. The predicted octanol–water partition coefficient (Wildman–Crippen LogP) is 2.34. The first-order valence-corrected chi connectivity index (χ1v) is 9.21. The van der Waals surface area contributed by atoms with E-state index in [1.165, 1.54) is 12.0 Å². The van der Waals surface area contributed by atoms with Crippen LogP contribution in [0.2, 0.25) is 0 Å². The summed E-state index contributed by atoms with van der Waals surface area (Å²) in [5, 5.41) is 3.07. The van der Waals surface area contributed by atoms with Crippen molar-refractivity contribution in [2.45, 2.75) is 43.6 Å². The van der Waals surface area contributed by atoms with Crippen LogP contribution in [0.4, 0.5) is 0 Å². The van der Waals surface area contributed by atoms with E-state index in [1.54, 1.807) is 14.2 Å². The van der Waals surface area contributed by atoms with Crippen molar-refractivity contribution in [2.75, 3.05) is 34.4 Å². The van der Waals surface area contributed by atoms with Gasteiger partial charge in [-0.05, 0) is 62.4 Å². The lowest BCUT2D eigenvalue weighted by atomic mass is 9.58. The number of carbonyl (C=O) groups excluding carboxylic acids is 1.